The van der Waals surface area contributed by atoms with E-state index < -0.39 is 12.0 Å². The summed E-state index contributed by atoms with van der Waals surface area (Å²) in [5.41, 5.74) is 3.07. The summed E-state index contributed by atoms with van der Waals surface area (Å²) in [5.74, 6) is -0.553. The summed E-state index contributed by atoms with van der Waals surface area (Å²) in [6.45, 7) is 5.98. The number of amidine groups is 1. The fourth-order valence-corrected chi connectivity index (χ4v) is 3.46. The molecule has 0 radical (unpaired) electrons. The molecule has 7 nitrogen and oxygen atoms in total. The van der Waals surface area contributed by atoms with Crippen LogP contribution in [0.3, 0.4) is 0 Å². The number of carbonyl (C=O) groups is 2. The van der Waals surface area contributed by atoms with E-state index in [1.165, 1.54) is 11.8 Å². The van der Waals surface area contributed by atoms with Gasteiger partial charge in [0.1, 0.15) is 6.04 Å². The minimum absolute atomic E-state index is 0.147. The Morgan fingerprint density at radius 1 is 1.14 bits per heavy atom. The third-order valence-electron chi connectivity index (χ3n) is 4.07. The summed E-state index contributed by atoms with van der Waals surface area (Å²) < 4.78 is 10.2. The van der Waals surface area contributed by atoms with E-state index in [-0.39, 0.29) is 18.3 Å². The highest BCUT2D eigenvalue weighted by atomic mass is 32.2. The smallest absolute Gasteiger partial charge is 0.338 e. The van der Waals surface area contributed by atoms with E-state index in [0.29, 0.717) is 23.0 Å². The van der Waals surface area contributed by atoms with E-state index in [1.54, 1.807) is 13.8 Å². The number of hydrogen-bond acceptors (Lipinski definition) is 8. The molecule has 0 aromatic heterocycles. The van der Waals surface area contributed by atoms with Gasteiger partial charge in [0.05, 0.1) is 24.5 Å². The lowest BCUT2D eigenvalue weighted by molar-refractivity contribution is -0.140. The van der Waals surface area contributed by atoms with Gasteiger partial charge >= 0.3 is 11.9 Å². The minimum atomic E-state index is -0.499. The van der Waals surface area contributed by atoms with Crippen LogP contribution in [0.15, 0.2) is 40.5 Å². The first-order chi connectivity index (χ1) is 13.4. The highest BCUT2D eigenvalue weighted by Crippen LogP contribution is 2.33. The summed E-state index contributed by atoms with van der Waals surface area (Å²) in [4.78, 5) is 30.9. The zero-order chi connectivity index (χ0) is 20.7. The van der Waals surface area contributed by atoms with E-state index in [0.717, 1.165) is 11.3 Å². The number of carbonyl (C=O) groups excluding carboxylic acids is 2. The number of nitrogens with one attached hydrogen (secondary N) is 1. The summed E-state index contributed by atoms with van der Waals surface area (Å²) in [7, 11) is 3.94. The number of benzene rings is 1. The van der Waals surface area contributed by atoms with Crippen molar-refractivity contribution in [2.24, 2.45) is 4.99 Å². The molecule has 0 saturated heterocycles. The normalized spacial score (nSPS) is 16.2. The number of thioether (sulfide) groups is 1. The first-order valence-corrected chi connectivity index (χ1v) is 10.1. The summed E-state index contributed by atoms with van der Waals surface area (Å²) in [6, 6.07) is 7.37. The fourth-order valence-electron chi connectivity index (χ4n) is 2.72. The van der Waals surface area contributed by atoms with Gasteiger partial charge in [0.15, 0.2) is 5.17 Å². The fraction of sp³-hybridized carbons (Fsp3) is 0.450. The second-order valence-electron chi connectivity index (χ2n) is 6.30. The lowest BCUT2D eigenvalue weighted by Gasteiger charge is -2.26. The van der Waals surface area contributed by atoms with Crippen LogP contribution in [0.4, 0.5) is 5.69 Å². The third-order valence-corrected chi connectivity index (χ3v) is 4.93. The van der Waals surface area contributed by atoms with Gasteiger partial charge in [-0.15, -0.1) is 0 Å². The predicted molar refractivity (Wildman–Crippen MR) is 113 cm³/mol. The maximum Gasteiger partial charge on any atom is 0.338 e. The van der Waals surface area contributed by atoms with E-state index in [9.17, 15) is 9.59 Å². The average Bonchev–Trinajstić information content (AvgIpc) is 2.66. The predicted octanol–water partition coefficient (Wildman–Crippen LogP) is 2.89. The molecule has 1 heterocycles. The Kier molecular flexibility index (Phi) is 7.92. The van der Waals surface area contributed by atoms with Crippen molar-refractivity contribution in [3.63, 3.8) is 0 Å². The zero-order valence-electron chi connectivity index (χ0n) is 16.9. The van der Waals surface area contributed by atoms with E-state index in [4.69, 9.17) is 9.47 Å². The third kappa shape index (κ3) is 5.51. The van der Waals surface area contributed by atoms with Crippen molar-refractivity contribution in [3.05, 3.63) is 41.1 Å². The molecule has 152 valence electrons. The van der Waals surface area contributed by atoms with Crippen LogP contribution in [0, 0.1) is 0 Å². The highest BCUT2D eigenvalue weighted by Gasteiger charge is 2.30. The van der Waals surface area contributed by atoms with E-state index in [1.807, 2.05) is 50.2 Å². The van der Waals surface area contributed by atoms with Crippen LogP contribution in [0.2, 0.25) is 0 Å². The molecule has 0 amide bonds. The number of esters is 2. The maximum atomic E-state index is 12.5. The maximum absolute atomic E-state index is 12.5. The number of hydrogen-bond donors (Lipinski definition) is 1. The molecule has 0 fully saturated rings. The summed E-state index contributed by atoms with van der Waals surface area (Å²) in [6.07, 6.45) is 0. The second kappa shape index (κ2) is 10.2. The first-order valence-electron chi connectivity index (χ1n) is 9.15. The first kappa shape index (κ1) is 21.8. The Bertz CT molecular complexity index is 772. The number of aliphatic imine (C=N–C) groups is 1. The molecule has 1 aromatic rings. The number of allylic oxidation sites excluding steroid dienone is 1. The van der Waals surface area contributed by atoms with Gasteiger partial charge in [-0.2, -0.15) is 0 Å². The molecule has 2 rings (SSSR count). The molecule has 1 aliphatic rings. The van der Waals surface area contributed by atoms with Crippen LogP contribution >= 0.6 is 11.8 Å². The van der Waals surface area contributed by atoms with Crippen molar-refractivity contribution in [2.45, 2.75) is 26.8 Å². The van der Waals surface area contributed by atoms with Gasteiger partial charge in [0.2, 0.25) is 0 Å². The molecule has 0 aliphatic carbocycles. The molecule has 8 heteroatoms. The number of rotatable bonds is 7. The molecular formula is C20H27N3O4S. The van der Waals surface area contributed by atoms with Gasteiger partial charge in [-0.05, 0) is 38.5 Å². The van der Waals surface area contributed by atoms with Crippen molar-refractivity contribution in [3.8, 4) is 0 Å². The van der Waals surface area contributed by atoms with Crippen molar-refractivity contribution in [1.29, 1.82) is 0 Å². The Morgan fingerprint density at radius 2 is 1.79 bits per heavy atom. The molecule has 1 aromatic carbocycles. The van der Waals surface area contributed by atoms with Crippen molar-refractivity contribution < 1.29 is 19.1 Å². The molecule has 0 saturated carbocycles. The van der Waals surface area contributed by atoms with Gasteiger partial charge in [0, 0.05) is 25.5 Å². The summed E-state index contributed by atoms with van der Waals surface area (Å²) in [5, 5.41) is 3.68. The van der Waals surface area contributed by atoms with Crippen molar-refractivity contribution in [1.82, 2.24) is 5.32 Å². The van der Waals surface area contributed by atoms with E-state index in [2.05, 4.69) is 10.3 Å². The van der Waals surface area contributed by atoms with Gasteiger partial charge in [0.25, 0.3) is 0 Å². The van der Waals surface area contributed by atoms with Crippen LogP contribution < -0.4 is 10.2 Å². The van der Waals surface area contributed by atoms with E-state index >= 15 is 0 Å². The van der Waals surface area contributed by atoms with Crippen molar-refractivity contribution >= 4 is 34.6 Å². The van der Waals surface area contributed by atoms with Gasteiger partial charge in [-0.1, -0.05) is 23.9 Å². The lowest BCUT2D eigenvalue weighted by Crippen LogP contribution is -2.31. The molecule has 1 N–H and O–H groups in total. The van der Waals surface area contributed by atoms with Crippen LogP contribution in [-0.4, -0.2) is 50.2 Å². The molecule has 0 bridgehead atoms. The topological polar surface area (TPSA) is 80.2 Å². The highest BCUT2D eigenvalue weighted by molar-refractivity contribution is 8.14. The molecule has 0 spiro atoms. The van der Waals surface area contributed by atoms with Crippen LogP contribution in [0.1, 0.15) is 32.4 Å². The standard InChI is InChI=1S/C20H27N3O4S/c1-6-26-16(24)12-28-20-21-13(3)17(19(25)27-7-2)18(22-20)14-8-10-15(11-9-14)23(4)5/h8-11,18H,6-7,12H2,1-5H3,(H,21,22)/t18-/m1/s1. The summed E-state index contributed by atoms with van der Waals surface area (Å²) >= 11 is 1.25. The largest absolute Gasteiger partial charge is 0.465 e. The number of nitrogens with zero attached hydrogens (tertiary/aromatic N) is 2. The quantitative estimate of drug-likeness (QED) is 0.699. The minimum Gasteiger partial charge on any atom is -0.465 e. The second-order valence-corrected chi connectivity index (χ2v) is 7.26. The SMILES string of the molecule is CCOC(=O)CSC1=N[C@H](c2ccc(N(C)C)cc2)C(C(=O)OCC)=C(C)N1. The average molecular weight is 406 g/mol. The Morgan fingerprint density at radius 3 is 2.36 bits per heavy atom. The molecule has 1 aliphatic heterocycles. The zero-order valence-corrected chi connectivity index (χ0v) is 17.8. The number of ether oxygens (including phenoxy) is 2. The van der Waals surface area contributed by atoms with Gasteiger partial charge in [-0.25, -0.2) is 9.79 Å². The monoisotopic (exact) mass is 405 g/mol. The lowest BCUT2D eigenvalue weighted by atomic mass is 9.96. The van der Waals surface area contributed by atoms with Gasteiger partial charge in [-0.3, -0.25) is 4.79 Å². The number of anilines is 1. The van der Waals surface area contributed by atoms with Crippen LogP contribution in [-0.2, 0) is 19.1 Å². The van der Waals surface area contributed by atoms with Crippen LogP contribution in [0.5, 0.6) is 0 Å². The Balaban J connectivity index is 2.32. The van der Waals surface area contributed by atoms with Gasteiger partial charge < -0.3 is 19.7 Å². The van der Waals surface area contributed by atoms with Crippen LogP contribution in [0.25, 0.3) is 0 Å². The Hall–Kier alpha value is -2.48. The molecular weight excluding hydrogens is 378 g/mol. The van der Waals surface area contributed by atoms with Crippen molar-refractivity contribution in [2.75, 3.05) is 38.0 Å². The Labute approximate surface area is 170 Å². The molecule has 28 heavy (non-hydrogen) atoms. The molecule has 1 atom stereocenters. The molecule has 0 unspecified atom stereocenters.